The van der Waals surface area contributed by atoms with Crippen LogP contribution in [-0.2, 0) is 9.53 Å². The second kappa shape index (κ2) is 7.04. The van der Waals surface area contributed by atoms with Crippen LogP contribution >= 0.6 is 0 Å². The van der Waals surface area contributed by atoms with Gasteiger partial charge in [-0.05, 0) is 19.9 Å². The van der Waals surface area contributed by atoms with Crippen LogP contribution in [-0.4, -0.2) is 59.7 Å². The molecule has 2 rings (SSSR count). The molecule has 1 aliphatic heterocycles. The number of carbonyl (C=O) groups excluding carboxylic acids is 1. The lowest BCUT2D eigenvalue weighted by molar-refractivity contribution is -0.135. The maximum atomic E-state index is 12.3. The summed E-state index contributed by atoms with van der Waals surface area (Å²) in [6.07, 6.45) is 1.67. The molecule has 20 heavy (non-hydrogen) atoms. The second-order valence-electron chi connectivity index (χ2n) is 4.60. The molecule has 2 N–H and O–H groups in total. The lowest BCUT2D eigenvalue weighted by atomic mass is 10.2. The predicted molar refractivity (Wildman–Crippen MR) is 76.7 cm³/mol. The number of ether oxygens (including phenoxy) is 1. The summed E-state index contributed by atoms with van der Waals surface area (Å²) in [5.74, 6) is 1.27. The summed E-state index contributed by atoms with van der Waals surface area (Å²) in [4.78, 5) is 22.5. The van der Waals surface area contributed by atoms with Crippen LogP contribution in [0.4, 0.5) is 11.8 Å². The lowest BCUT2D eigenvalue weighted by Gasteiger charge is -2.29. The minimum Gasteiger partial charge on any atom is -0.378 e. The summed E-state index contributed by atoms with van der Waals surface area (Å²) in [7, 11) is 0. The fraction of sp³-hybridized carbons (Fsp3) is 0.615. The third kappa shape index (κ3) is 3.80. The molecule has 0 radical (unpaired) electrons. The monoisotopic (exact) mass is 279 g/mol. The van der Waals surface area contributed by atoms with E-state index in [4.69, 9.17) is 4.74 Å². The van der Waals surface area contributed by atoms with Gasteiger partial charge >= 0.3 is 0 Å². The van der Waals surface area contributed by atoms with Crippen LogP contribution in [0.5, 0.6) is 0 Å². The Morgan fingerprint density at radius 2 is 2.25 bits per heavy atom. The minimum atomic E-state index is -0.322. The SMILES string of the molecule is CCNc1nccc(NC(C)C(=O)N2CCOCC2)n1. The van der Waals surface area contributed by atoms with Crippen LogP contribution in [0, 0.1) is 0 Å². The Labute approximate surface area is 118 Å². The van der Waals surface area contributed by atoms with Crippen LogP contribution in [0.1, 0.15) is 13.8 Å². The second-order valence-corrected chi connectivity index (χ2v) is 4.60. The molecule has 7 nitrogen and oxygen atoms in total. The molecular formula is C13H21N5O2. The van der Waals surface area contributed by atoms with Gasteiger partial charge in [-0.3, -0.25) is 4.79 Å². The quantitative estimate of drug-likeness (QED) is 0.820. The third-order valence-corrected chi connectivity index (χ3v) is 3.05. The Hall–Kier alpha value is -1.89. The van der Waals surface area contributed by atoms with Crippen molar-refractivity contribution >= 4 is 17.7 Å². The topological polar surface area (TPSA) is 79.4 Å². The molecule has 7 heteroatoms. The molecule has 1 unspecified atom stereocenters. The highest BCUT2D eigenvalue weighted by atomic mass is 16.5. The molecule has 1 aliphatic rings. The predicted octanol–water partition coefficient (Wildman–Crippen LogP) is 0.568. The van der Waals surface area contributed by atoms with E-state index in [2.05, 4.69) is 20.6 Å². The molecule has 0 saturated carbocycles. The highest BCUT2D eigenvalue weighted by molar-refractivity contribution is 5.84. The number of aromatic nitrogens is 2. The number of nitrogens with zero attached hydrogens (tertiary/aromatic N) is 3. The summed E-state index contributed by atoms with van der Waals surface area (Å²) in [5, 5.41) is 6.15. The highest BCUT2D eigenvalue weighted by Crippen LogP contribution is 2.09. The lowest BCUT2D eigenvalue weighted by Crippen LogP contribution is -2.47. The Morgan fingerprint density at radius 3 is 2.95 bits per heavy atom. The van der Waals surface area contributed by atoms with Gasteiger partial charge in [0.1, 0.15) is 11.9 Å². The summed E-state index contributed by atoms with van der Waals surface area (Å²) in [6.45, 7) is 7.09. The summed E-state index contributed by atoms with van der Waals surface area (Å²) >= 11 is 0. The molecule has 0 bridgehead atoms. The van der Waals surface area contributed by atoms with Gasteiger partial charge in [0.25, 0.3) is 0 Å². The maximum absolute atomic E-state index is 12.3. The molecule has 1 atom stereocenters. The third-order valence-electron chi connectivity index (χ3n) is 3.05. The number of nitrogens with one attached hydrogen (secondary N) is 2. The van der Waals surface area contributed by atoms with E-state index in [1.54, 1.807) is 12.3 Å². The molecule has 0 aromatic carbocycles. The van der Waals surface area contributed by atoms with Crippen molar-refractivity contribution < 1.29 is 9.53 Å². The number of morpholine rings is 1. The Morgan fingerprint density at radius 1 is 1.50 bits per heavy atom. The van der Waals surface area contributed by atoms with Gasteiger partial charge in [-0.25, -0.2) is 4.98 Å². The fourth-order valence-electron chi connectivity index (χ4n) is 2.02. The molecule has 1 aromatic rings. The number of anilines is 2. The zero-order valence-corrected chi connectivity index (χ0v) is 11.9. The average Bonchev–Trinajstić information content (AvgIpc) is 2.48. The molecule has 1 saturated heterocycles. The molecule has 1 fully saturated rings. The fourth-order valence-corrected chi connectivity index (χ4v) is 2.02. The van der Waals surface area contributed by atoms with Crippen molar-refractivity contribution in [3.63, 3.8) is 0 Å². The molecule has 2 heterocycles. The molecular weight excluding hydrogens is 258 g/mol. The first-order valence-electron chi connectivity index (χ1n) is 6.90. The number of carbonyl (C=O) groups is 1. The number of hydrogen-bond donors (Lipinski definition) is 2. The van der Waals surface area contributed by atoms with Crippen molar-refractivity contribution in [1.82, 2.24) is 14.9 Å². The number of hydrogen-bond acceptors (Lipinski definition) is 6. The van der Waals surface area contributed by atoms with E-state index < -0.39 is 0 Å². The van der Waals surface area contributed by atoms with Gasteiger partial charge < -0.3 is 20.3 Å². The van der Waals surface area contributed by atoms with Gasteiger partial charge in [-0.1, -0.05) is 0 Å². The van der Waals surface area contributed by atoms with E-state index >= 15 is 0 Å². The van der Waals surface area contributed by atoms with Crippen LogP contribution in [0.25, 0.3) is 0 Å². The van der Waals surface area contributed by atoms with Crippen molar-refractivity contribution in [2.75, 3.05) is 43.5 Å². The normalized spacial score (nSPS) is 16.6. The van der Waals surface area contributed by atoms with Crippen molar-refractivity contribution in [2.24, 2.45) is 0 Å². The molecule has 0 aliphatic carbocycles. The van der Waals surface area contributed by atoms with Crippen molar-refractivity contribution in [3.05, 3.63) is 12.3 Å². The van der Waals surface area contributed by atoms with E-state index in [9.17, 15) is 4.79 Å². The first-order valence-corrected chi connectivity index (χ1v) is 6.90. The smallest absolute Gasteiger partial charge is 0.244 e. The molecule has 110 valence electrons. The zero-order chi connectivity index (χ0) is 14.4. The Balaban J connectivity index is 1.94. The molecule has 1 aromatic heterocycles. The van der Waals surface area contributed by atoms with E-state index in [1.807, 2.05) is 18.7 Å². The Kier molecular flexibility index (Phi) is 5.11. The number of amides is 1. The summed E-state index contributed by atoms with van der Waals surface area (Å²) < 4.78 is 5.25. The first-order chi connectivity index (χ1) is 9.70. The van der Waals surface area contributed by atoms with Gasteiger partial charge in [-0.2, -0.15) is 4.98 Å². The van der Waals surface area contributed by atoms with Gasteiger partial charge in [-0.15, -0.1) is 0 Å². The zero-order valence-electron chi connectivity index (χ0n) is 11.9. The van der Waals surface area contributed by atoms with E-state index in [-0.39, 0.29) is 11.9 Å². The van der Waals surface area contributed by atoms with Gasteiger partial charge in [0.2, 0.25) is 11.9 Å². The van der Waals surface area contributed by atoms with Gasteiger partial charge in [0.15, 0.2) is 0 Å². The van der Waals surface area contributed by atoms with Crippen LogP contribution in [0.15, 0.2) is 12.3 Å². The van der Waals surface area contributed by atoms with Crippen LogP contribution in [0.3, 0.4) is 0 Å². The first kappa shape index (κ1) is 14.5. The standard InChI is InChI=1S/C13H21N5O2/c1-3-14-13-15-5-4-11(17-13)16-10(2)12(19)18-6-8-20-9-7-18/h4-5,10H,3,6-9H2,1-2H3,(H2,14,15,16,17). The number of rotatable bonds is 5. The summed E-state index contributed by atoms with van der Waals surface area (Å²) in [5.41, 5.74) is 0. The van der Waals surface area contributed by atoms with E-state index in [0.717, 1.165) is 6.54 Å². The van der Waals surface area contributed by atoms with Gasteiger partial charge in [0, 0.05) is 25.8 Å². The molecule has 1 amide bonds. The van der Waals surface area contributed by atoms with Crippen molar-refractivity contribution in [3.8, 4) is 0 Å². The highest BCUT2D eigenvalue weighted by Gasteiger charge is 2.22. The average molecular weight is 279 g/mol. The van der Waals surface area contributed by atoms with Gasteiger partial charge in [0.05, 0.1) is 13.2 Å². The van der Waals surface area contributed by atoms with Crippen molar-refractivity contribution in [2.45, 2.75) is 19.9 Å². The summed E-state index contributed by atoms with van der Waals surface area (Å²) in [6, 6.07) is 1.43. The molecule has 0 spiro atoms. The maximum Gasteiger partial charge on any atom is 0.244 e. The van der Waals surface area contributed by atoms with E-state index in [1.165, 1.54) is 0 Å². The van der Waals surface area contributed by atoms with Crippen LogP contribution in [0.2, 0.25) is 0 Å². The van der Waals surface area contributed by atoms with Crippen LogP contribution < -0.4 is 10.6 Å². The largest absolute Gasteiger partial charge is 0.378 e. The minimum absolute atomic E-state index is 0.0666. The van der Waals surface area contributed by atoms with Crippen molar-refractivity contribution in [1.29, 1.82) is 0 Å². The Bertz CT molecular complexity index is 448. The van der Waals surface area contributed by atoms with E-state index in [0.29, 0.717) is 38.1 Å².